The van der Waals surface area contributed by atoms with Crippen LogP contribution >= 0.6 is 0 Å². The van der Waals surface area contributed by atoms with Crippen LogP contribution in [0.1, 0.15) is 25.0 Å². The van der Waals surface area contributed by atoms with Gasteiger partial charge in [0, 0.05) is 5.41 Å². The topological polar surface area (TPSA) is 0 Å². The van der Waals surface area contributed by atoms with Gasteiger partial charge in [0.05, 0.1) is 0 Å². The van der Waals surface area contributed by atoms with Gasteiger partial charge in [0.25, 0.3) is 0 Å². The molecule has 0 amide bonds. The summed E-state index contributed by atoms with van der Waals surface area (Å²) in [5, 5.41) is 10.7. The summed E-state index contributed by atoms with van der Waals surface area (Å²) < 4.78 is 0. The molecule has 0 saturated carbocycles. The monoisotopic (exact) mass is 620 g/mol. The minimum Gasteiger partial charge on any atom is -0.0616 e. The molecule has 0 heteroatoms. The lowest BCUT2D eigenvalue weighted by molar-refractivity contribution is 0.672. The van der Waals surface area contributed by atoms with Crippen LogP contribution in [-0.2, 0) is 5.41 Å². The van der Waals surface area contributed by atoms with E-state index in [9.17, 15) is 0 Å². The Morgan fingerprint density at radius 3 is 1.61 bits per heavy atom. The van der Waals surface area contributed by atoms with E-state index in [4.69, 9.17) is 0 Å². The highest BCUT2D eigenvalue weighted by atomic mass is 14.4. The molecular formula is C49H32. The number of fused-ring (bicyclic) bond motifs is 13. The summed E-state index contributed by atoms with van der Waals surface area (Å²) in [6, 6.07) is 59.1. The summed E-state index contributed by atoms with van der Waals surface area (Å²) in [6.45, 7) is 4.85. The molecule has 49 heavy (non-hydrogen) atoms. The maximum atomic E-state index is 2.43. The van der Waals surface area contributed by atoms with Crippen LogP contribution in [0.15, 0.2) is 158 Å². The fourth-order valence-corrected chi connectivity index (χ4v) is 9.59. The highest BCUT2D eigenvalue weighted by Gasteiger charge is 2.39. The van der Waals surface area contributed by atoms with Crippen molar-refractivity contribution in [3.8, 4) is 55.6 Å². The van der Waals surface area contributed by atoms with Crippen molar-refractivity contribution in [1.82, 2.24) is 0 Å². The summed E-state index contributed by atoms with van der Waals surface area (Å²) in [6.07, 6.45) is 0. The summed E-state index contributed by atoms with van der Waals surface area (Å²) >= 11 is 0. The van der Waals surface area contributed by atoms with Crippen molar-refractivity contribution in [1.29, 1.82) is 0 Å². The highest BCUT2D eigenvalue weighted by molar-refractivity contribution is 6.21. The van der Waals surface area contributed by atoms with E-state index in [1.807, 2.05) is 0 Å². The molecule has 0 heterocycles. The van der Waals surface area contributed by atoms with Gasteiger partial charge in [0.2, 0.25) is 0 Å². The summed E-state index contributed by atoms with van der Waals surface area (Å²) in [4.78, 5) is 0. The average Bonchev–Trinajstić information content (AvgIpc) is 3.61. The van der Waals surface area contributed by atoms with Gasteiger partial charge < -0.3 is 0 Å². The van der Waals surface area contributed by atoms with E-state index >= 15 is 0 Å². The van der Waals surface area contributed by atoms with Crippen molar-refractivity contribution in [3.05, 3.63) is 169 Å². The average molecular weight is 621 g/mol. The Morgan fingerprint density at radius 2 is 0.857 bits per heavy atom. The lowest BCUT2D eigenvalue weighted by atomic mass is 9.77. The first kappa shape index (κ1) is 27.0. The van der Waals surface area contributed by atoms with Crippen LogP contribution < -0.4 is 0 Å². The Kier molecular flexibility index (Phi) is 5.27. The Morgan fingerprint density at radius 1 is 0.327 bits per heavy atom. The summed E-state index contributed by atoms with van der Waals surface area (Å²) in [7, 11) is 0. The van der Waals surface area contributed by atoms with E-state index < -0.39 is 0 Å². The van der Waals surface area contributed by atoms with E-state index in [0.717, 1.165) is 0 Å². The predicted molar refractivity (Wildman–Crippen MR) is 209 cm³/mol. The van der Waals surface area contributed by atoms with Crippen molar-refractivity contribution >= 4 is 43.1 Å². The van der Waals surface area contributed by atoms with Crippen molar-refractivity contribution in [3.63, 3.8) is 0 Å². The fourth-order valence-electron chi connectivity index (χ4n) is 9.59. The van der Waals surface area contributed by atoms with Crippen LogP contribution in [-0.4, -0.2) is 0 Å². The zero-order valence-electron chi connectivity index (χ0n) is 27.5. The van der Waals surface area contributed by atoms with Gasteiger partial charge in [0.1, 0.15) is 0 Å². The van der Waals surface area contributed by atoms with Crippen molar-refractivity contribution in [2.45, 2.75) is 19.3 Å². The molecule has 9 aromatic rings. The molecule has 0 atom stereocenters. The minimum atomic E-state index is -0.143. The van der Waals surface area contributed by atoms with Crippen LogP contribution in [0.25, 0.3) is 98.7 Å². The standard InChI is InChI=1S/C49H32/c1-49(2)47-32-24-22-29(28-30(32)23-25-44(47)46-41-18-9-7-16-36(41)37-17-8-10-19-43(37)48(46)49)31-12-3-4-13-33(31)38-26-27-42-35-15-6-5-14-34(35)39-20-11-21-40(38)45(39)42/h3-28H,1-2H3. The van der Waals surface area contributed by atoms with E-state index in [2.05, 4.69) is 172 Å². The molecule has 0 radical (unpaired) electrons. The third kappa shape index (κ3) is 3.48. The fraction of sp³-hybridized carbons (Fsp3) is 0.0612. The van der Waals surface area contributed by atoms with Crippen LogP contribution in [0.2, 0.25) is 0 Å². The number of rotatable bonds is 2. The molecular weight excluding hydrogens is 589 g/mol. The second-order valence-electron chi connectivity index (χ2n) is 14.4. The van der Waals surface area contributed by atoms with Gasteiger partial charge in [-0.05, 0) is 116 Å². The molecule has 228 valence electrons. The zero-order valence-corrected chi connectivity index (χ0v) is 27.5. The van der Waals surface area contributed by atoms with Gasteiger partial charge >= 0.3 is 0 Å². The van der Waals surface area contributed by atoms with E-state index in [0.29, 0.717) is 0 Å². The van der Waals surface area contributed by atoms with Crippen molar-refractivity contribution in [2.24, 2.45) is 0 Å². The molecule has 0 fully saturated rings. The van der Waals surface area contributed by atoms with Gasteiger partial charge in [0.15, 0.2) is 0 Å². The zero-order chi connectivity index (χ0) is 32.4. The van der Waals surface area contributed by atoms with E-state index in [1.54, 1.807) is 0 Å². The normalized spacial score (nSPS) is 13.7. The SMILES string of the molecule is CC1(C)c2c(ccc3cc(-c4ccccc4-c4ccc5c6c(cccc46)-c4ccccc4-5)ccc23)-c2c1c1ccccc1c1ccccc21. The molecule has 2 aliphatic carbocycles. The van der Waals surface area contributed by atoms with Gasteiger partial charge in [-0.2, -0.15) is 0 Å². The molecule has 2 aliphatic rings. The van der Waals surface area contributed by atoms with E-state index in [1.165, 1.54) is 110 Å². The second kappa shape index (κ2) is 9.56. The first-order chi connectivity index (χ1) is 24.1. The molecule has 0 saturated heterocycles. The third-order valence-electron chi connectivity index (χ3n) is 11.5. The minimum absolute atomic E-state index is 0.143. The smallest absolute Gasteiger partial charge is 0.0171 e. The first-order valence-corrected chi connectivity index (χ1v) is 17.4. The van der Waals surface area contributed by atoms with Crippen molar-refractivity contribution < 1.29 is 0 Å². The summed E-state index contributed by atoms with van der Waals surface area (Å²) in [5.41, 5.74) is 15.9. The maximum absolute atomic E-state index is 2.43. The van der Waals surface area contributed by atoms with Crippen molar-refractivity contribution in [2.75, 3.05) is 0 Å². The lowest BCUT2D eigenvalue weighted by Gasteiger charge is -2.25. The Bertz CT molecular complexity index is 2870. The maximum Gasteiger partial charge on any atom is 0.0171 e. The largest absolute Gasteiger partial charge is 0.0616 e. The molecule has 9 aromatic carbocycles. The van der Waals surface area contributed by atoms with Crippen LogP contribution in [0.3, 0.4) is 0 Å². The Hall–Kier alpha value is -5.98. The third-order valence-corrected chi connectivity index (χ3v) is 11.5. The number of hydrogen-bond donors (Lipinski definition) is 0. The molecule has 0 bridgehead atoms. The van der Waals surface area contributed by atoms with Gasteiger partial charge in [-0.25, -0.2) is 0 Å². The Balaban J connectivity index is 1.11. The summed E-state index contributed by atoms with van der Waals surface area (Å²) in [5.74, 6) is 0. The number of benzene rings is 9. The number of hydrogen-bond acceptors (Lipinski definition) is 0. The molecule has 0 unspecified atom stereocenters. The van der Waals surface area contributed by atoms with Crippen LogP contribution in [0.4, 0.5) is 0 Å². The van der Waals surface area contributed by atoms with Crippen LogP contribution in [0, 0.1) is 0 Å². The quantitative estimate of drug-likeness (QED) is 0.169. The molecule has 0 aliphatic heterocycles. The Labute approximate surface area is 285 Å². The van der Waals surface area contributed by atoms with Gasteiger partial charge in [-0.3, -0.25) is 0 Å². The van der Waals surface area contributed by atoms with Crippen LogP contribution in [0.5, 0.6) is 0 Å². The highest BCUT2D eigenvalue weighted by Crippen LogP contribution is 2.57. The molecule has 0 spiro atoms. The van der Waals surface area contributed by atoms with Gasteiger partial charge in [-0.15, -0.1) is 0 Å². The molecule has 11 rings (SSSR count). The molecule has 0 aromatic heterocycles. The van der Waals surface area contributed by atoms with E-state index in [-0.39, 0.29) is 5.41 Å². The molecule has 0 nitrogen and oxygen atoms in total. The molecule has 0 N–H and O–H groups in total. The predicted octanol–water partition coefficient (Wildman–Crippen LogP) is 13.6. The first-order valence-electron chi connectivity index (χ1n) is 17.4. The second-order valence-corrected chi connectivity index (χ2v) is 14.4. The lowest BCUT2D eigenvalue weighted by Crippen LogP contribution is -2.16. The van der Waals surface area contributed by atoms with Gasteiger partial charge in [-0.1, -0.05) is 166 Å².